The highest BCUT2D eigenvalue weighted by Crippen LogP contribution is 2.38. The summed E-state index contributed by atoms with van der Waals surface area (Å²) in [6.45, 7) is 4.63. The summed E-state index contributed by atoms with van der Waals surface area (Å²) >= 11 is 9.60. The maximum atomic E-state index is 6.12. The molecule has 0 saturated heterocycles. The largest absolute Gasteiger partial charge is 0.491 e. The molecule has 1 aromatic carbocycles. The first kappa shape index (κ1) is 15.1. The van der Waals surface area contributed by atoms with Crippen LogP contribution in [-0.4, -0.2) is 11.6 Å². The molecule has 1 atom stereocenters. The van der Waals surface area contributed by atoms with E-state index >= 15 is 0 Å². The Morgan fingerprint density at radius 1 is 1.35 bits per heavy atom. The number of hydrogen-bond acceptors (Lipinski definition) is 3. The molecular weight excluding hydrogens is 340 g/mol. The molecule has 1 aromatic heterocycles. The van der Waals surface area contributed by atoms with Crippen molar-refractivity contribution in [2.45, 2.75) is 19.9 Å². The molecule has 0 amide bonds. The molecule has 5 heteroatoms. The van der Waals surface area contributed by atoms with Gasteiger partial charge in [-0.2, -0.15) is 0 Å². The van der Waals surface area contributed by atoms with Crippen LogP contribution in [0.1, 0.15) is 25.5 Å². The van der Waals surface area contributed by atoms with Crippen molar-refractivity contribution < 1.29 is 4.74 Å². The fourth-order valence-electron chi connectivity index (χ4n) is 1.93. The molecule has 0 aliphatic carbocycles. The van der Waals surface area contributed by atoms with Crippen LogP contribution in [0.25, 0.3) is 0 Å². The van der Waals surface area contributed by atoms with Crippen molar-refractivity contribution in [2.24, 2.45) is 0 Å². The van der Waals surface area contributed by atoms with Gasteiger partial charge in [-0.3, -0.25) is 4.98 Å². The van der Waals surface area contributed by atoms with Gasteiger partial charge in [0.05, 0.1) is 16.8 Å². The fourth-order valence-corrected chi connectivity index (χ4v) is 2.85. The molecule has 0 aliphatic heterocycles. The Hall–Kier alpha value is -1.26. The highest BCUT2D eigenvalue weighted by Gasteiger charge is 2.13. The molecule has 0 radical (unpaired) electrons. The molecule has 2 aromatic rings. The van der Waals surface area contributed by atoms with Crippen molar-refractivity contribution >= 4 is 33.2 Å². The Bertz CT molecular complexity index is 578. The number of halogens is 2. The van der Waals surface area contributed by atoms with Gasteiger partial charge in [-0.05, 0) is 59.6 Å². The van der Waals surface area contributed by atoms with Gasteiger partial charge in [0.2, 0.25) is 0 Å². The average molecular weight is 356 g/mol. The maximum absolute atomic E-state index is 6.12. The highest BCUT2D eigenvalue weighted by atomic mass is 79.9. The number of pyridine rings is 1. The lowest BCUT2D eigenvalue weighted by Crippen LogP contribution is -2.08. The van der Waals surface area contributed by atoms with Crippen LogP contribution in [0.5, 0.6) is 5.75 Å². The zero-order valence-corrected chi connectivity index (χ0v) is 13.7. The minimum absolute atomic E-state index is 0.127. The Morgan fingerprint density at radius 3 is 2.70 bits per heavy atom. The number of rotatable bonds is 5. The van der Waals surface area contributed by atoms with Crippen molar-refractivity contribution in [3.63, 3.8) is 0 Å². The molecule has 2 rings (SSSR count). The lowest BCUT2D eigenvalue weighted by atomic mass is 10.1. The molecule has 0 saturated carbocycles. The Kier molecular flexibility index (Phi) is 5.26. The number of benzene rings is 1. The number of ether oxygens (including phenoxy) is 1. The van der Waals surface area contributed by atoms with Gasteiger partial charge in [0.1, 0.15) is 0 Å². The number of nitrogens with zero attached hydrogens (tertiary/aromatic N) is 1. The Balaban J connectivity index is 2.28. The predicted molar refractivity (Wildman–Crippen MR) is 86.6 cm³/mol. The van der Waals surface area contributed by atoms with Crippen LogP contribution in [0.4, 0.5) is 5.69 Å². The quantitative estimate of drug-likeness (QED) is 0.813. The normalized spacial score (nSPS) is 12.0. The third-order valence-electron chi connectivity index (χ3n) is 2.88. The summed E-state index contributed by atoms with van der Waals surface area (Å²) in [5.41, 5.74) is 2.02. The van der Waals surface area contributed by atoms with E-state index in [-0.39, 0.29) is 6.04 Å². The van der Waals surface area contributed by atoms with Gasteiger partial charge < -0.3 is 10.1 Å². The zero-order valence-electron chi connectivity index (χ0n) is 11.4. The summed E-state index contributed by atoms with van der Waals surface area (Å²) in [5.74, 6) is 0.776. The SMILES string of the molecule is CCOc1c(Br)cc(Cl)cc1NC(C)c1ccncc1. The average Bonchev–Trinajstić information content (AvgIpc) is 2.43. The number of nitrogens with one attached hydrogen (secondary N) is 1. The standard InChI is InChI=1S/C15H16BrClN2O/c1-3-20-15-13(16)8-12(17)9-14(15)19-10(2)11-4-6-18-7-5-11/h4-10,19H,3H2,1-2H3. The van der Waals surface area contributed by atoms with Crippen LogP contribution >= 0.6 is 27.5 Å². The smallest absolute Gasteiger partial charge is 0.156 e. The van der Waals surface area contributed by atoms with E-state index in [1.54, 1.807) is 12.4 Å². The van der Waals surface area contributed by atoms with Crippen molar-refractivity contribution in [2.75, 3.05) is 11.9 Å². The third kappa shape index (κ3) is 3.64. The fraction of sp³-hybridized carbons (Fsp3) is 0.267. The molecule has 0 bridgehead atoms. The Morgan fingerprint density at radius 2 is 2.05 bits per heavy atom. The van der Waals surface area contributed by atoms with Gasteiger partial charge >= 0.3 is 0 Å². The molecule has 0 aliphatic rings. The molecule has 1 N–H and O–H groups in total. The van der Waals surface area contributed by atoms with E-state index < -0.39 is 0 Å². The van der Waals surface area contributed by atoms with Gasteiger partial charge in [-0.15, -0.1) is 0 Å². The van der Waals surface area contributed by atoms with E-state index in [0.29, 0.717) is 11.6 Å². The van der Waals surface area contributed by atoms with Crippen molar-refractivity contribution in [3.05, 3.63) is 51.7 Å². The monoisotopic (exact) mass is 354 g/mol. The van der Waals surface area contributed by atoms with Crippen molar-refractivity contribution in [1.82, 2.24) is 4.98 Å². The van der Waals surface area contributed by atoms with Crippen LogP contribution in [0.15, 0.2) is 41.1 Å². The maximum Gasteiger partial charge on any atom is 0.156 e. The van der Waals surface area contributed by atoms with E-state index in [1.807, 2.05) is 31.2 Å². The zero-order chi connectivity index (χ0) is 14.5. The van der Waals surface area contributed by atoms with Crippen LogP contribution in [-0.2, 0) is 0 Å². The summed E-state index contributed by atoms with van der Waals surface area (Å²) in [4.78, 5) is 4.03. The minimum Gasteiger partial charge on any atom is -0.491 e. The van der Waals surface area contributed by atoms with E-state index in [2.05, 4.69) is 33.2 Å². The van der Waals surface area contributed by atoms with Gasteiger partial charge in [-0.1, -0.05) is 11.6 Å². The molecule has 1 unspecified atom stereocenters. The molecule has 106 valence electrons. The predicted octanol–water partition coefficient (Wildman–Crippen LogP) is 5.07. The van der Waals surface area contributed by atoms with E-state index in [4.69, 9.17) is 16.3 Å². The summed E-state index contributed by atoms with van der Waals surface area (Å²) in [7, 11) is 0. The highest BCUT2D eigenvalue weighted by molar-refractivity contribution is 9.10. The van der Waals surface area contributed by atoms with Crippen LogP contribution in [0.2, 0.25) is 5.02 Å². The first-order valence-electron chi connectivity index (χ1n) is 6.40. The molecular formula is C15H16BrClN2O. The second kappa shape index (κ2) is 6.95. The van der Waals surface area contributed by atoms with Crippen LogP contribution < -0.4 is 10.1 Å². The molecule has 3 nitrogen and oxygen atoms in total. The van der Waals surface area contributed by atoms with E-state index in [9.17, 15) is 0 Å². The summed E-state index contributed by atoms with van der Waals surface area (Å²) in [6, 6.07) is 7.79. The summed E-state index contributed by atoms with van der Waals surface area (Å²) < 4.78 is 6.52. The number of anilines is 1. The third-order valence-corrected chi connectivity index (χ3v) is 3.68. The molecule has 0 fully saturated rings. The second-order valence-corrected chi connectivity index (χ2v) is 5.63. The first-order valence-corrected chi connectivity index (χ1v) is 7.57. The Labute approximate surface area is 132 Å². The topological polar surface area (TPSA) is 34.1 Å². The van der Waals surface area contributed by atoms with Crippen LogP contribution in [0.3, 0.4) is 0 Å². The van der Waals surface area contributed by atoms with Crippen molar-refractivity contribution in [1.29, 1.82) is 0 Å². The lowest BCUT2D eigenvalue weighted by molar-refractivity contribution is 0.339. The first-order chi connectivity index (χ1) is 9.61. The van der Waals surface area contributed by atoms with Gasteiger partial charge in [0, 0.05) is 23.5 Å². The van der Waals surface area contributed by atoms with Gasteiger partial charge in [-0.25, -0.2) is 0 Å². The number of aromatic nitrogens is 1. The molecule has 1 heterocycles. The van der Waals surface area contributed by atoms with Crippen LogP contribution in [0, 0.1) is 0 Å². The number of hydrogen-bond donors (Lipinski definition) is 1. The van der Waals surface area contributed by atoms with E-state index in [1.165, 1.54) is 0 Å². The van der Waals surface area contributed by atoms with E-state index in [0.717, 1.165) is 21.5 Å². The molecule has 0 spiro atoms. The van der Waals surface area contributed by atoms with Crippen molar-refractivity contribution in [3.8, 4) is 5.75 Å². The summed E-state index contributed by atoms with van der Waals surface area (Å²) in [6.07, 6.45) is 3.57. The lowest BCUT2D eigenvalue weighted by Gasteiger charge is -2.19. The second-order valence-electron chi connectivity index (χ2n) is 4.34. The summed E-state index contributed by atoms with van der Waals surface area (Å²) in [5, 5.41) is 4.08. The molecule has 20 heavy (non-hydrogen) atoms. The van der Waals surface area contributed by atoms with Gasteiger partial charge in [0.25, 0.3) is 0 Å². The van der Waals surface area contributed by atoms with Gasteiger partial charge in [0.15, 0.2) is 5.75 Å². The minimum atomic E-state index is 0.127.